The minimum Gasteiger partial charge on any atom is -0.462 e. The number of ether oxygens (including phenoxy) is 1. The molecule has 2 nitrogen and oxygen atoms in total. The molecule has 0 amide bonds. The molecule has 126 valence electrons. The van der Waals surface area contributed by atoms with E-state index in [9.17, 15) is 4.79 Å². The zero-order valence-electron chi connectivity index (χ0n) is 14.1. The third-order valence-corrected chi connectivity index (χ3v) is 6.78. The topological polar surface area (TPSA) is 26.3 Å². The largest absolute Gasteiger partial charge is 0.462 e. The Morgan fingerprint density at radius 2 is 1.92 bits per heavy atom. The summed E-state index contributed by atoms with van der Waals surface area (Å²) in [6.45, 7) is 4.34. The summed E-state index contributed by atoms with van der Waals surface area (Å²) in [7, 11) is 0. The van der Waals surface area contributed by atoms with Crippen molar-refractivity contribution in [2.75, 3.05) is 6.61 Å². The summed E-state index contributed by atoms with van der Waals surface area (Å²) in [4.78, 5) is 15.4. The number of benzene rings is 2. The normalized spacial score (nSPS) is 15.4. The highest BCUT2D eigenvalue weighted by molar-refractivity contribution is 8.00. The van der Waals surface area contributed by atoms with E-state index < -0.39 is 0 Å². The quantitative estimate of drug-likeness (QED) is 0.524. The zero-order valence-corrected chi connectivity index (χ0v) is 15.7. The molecular formula is C21H18O2S2. The van der Waals surface area contributed by atoms with E-state index in [-0.39, 0.29) is 11.2 Å². The maximum Gasteiger partial charge on any atom is 0.348 e. The first-order valence-electron chi connectivity index (χ1n) is 8.31. The first kappa shape index (κ1) is 16.4. The van der Waals surface area contributed by atoms with Crippen LogP contribution >= 0.6 is 23.1 Å². The molecule has 0 saturated carbocycles. The Labute approximate surface area is 155 Å². The van der Waals surface area contributed by atoms with Gasteiger partial charge in [-0.15, -0.1) is 23.1 Å². The number of thioether (sulfide) groups is 1. The standard InChI is InChI=1S/C21H18O2S2/c1-3-23-21(22)18-12-16-19(14-7-5-4-6-8-14)24-17-10-9-13(2)11-15(17)20(16)25-18/h4-12,19H,3H2,1-2H3. The van der Waals surface area contributed by atoms with Crippen LogP contribution in [0.25, 0.3) is 10.4 Å². The zero-order chi connectivity index (χ0) is 17.4. The molecule has 0 radical (unpaired) electrons. The average molecular weight is 367 g/mol. The fourth-order valence-electron chi connectivity index (χ4n) is 3.10. The van der Waals surface area contributed by atoms with Gasteiger partial charge in [0.05, 0.1) is 11.9 Å². The van der Waals surface area contributed by atoms with Crippen LogP contribution in [0.2, 0.25) is 0 Å². The summed E-state index contributed by atoms with van der Waals surface area (Å²) < 4.78 is 5.22. The number of hydrogen-bond donors (Lipinski definition) is 0. The number of carbonyl (C=O) groups is 1. The molecule has 1 atom stereocenters. The minimum atomic E-state index is -0.229. The number of hydrogen-bond acceptors (Lipinski definition) is 4. The lowest BCUT2D eigenvalue weighted by molar-refractivity contribution is 0.0532. The molecule has 1 unspecified atom stereocenters. The highest BCUT2D eigenvalue weighted by atomic mass is 32.2. The van der Waals surface area contributed by atoms with Gasteiger partial charge in [-0.1, -0.05) is 42.0 Å². The molecule has 0 spiro atoms. The second-order valence-electron chi connectivity index (χ2n) is 6.02. The lowest BCUT2D eigenvalue weighted by Crippen LogP contribution is -2.03. The third-order valence-electron chi connectivity index (χ3n) is 4.25. The van der Waals surface area contributed by atoms with Gasteiger partial charge in [-0.25, -0.2) is 4.79 Å². The Hall–Kier alpha value is -2.04. The minimum absolute atomic E-state index is 0.200. The Kier molecular flexibility index (Phi) is 4.40. The average Bonchev–Trinajstić information content (AvgIpc) is 3.08. The predicted octanol–water partition coefficient (Wildman–Crippen LogP) is 6.10. The molecule has 0 bridgehead atoms. The molecule has 4 rings (SSSR count). The number of esters is 1. The number of rotatable bonds is 3. The summed E-state index contributed by atoms with van der Waals surface area (Å²) in [5.41, 5.74) is 4.93. The number of fused-ring (bicyclic) bond motifs is 3. The van der Waals surface area contributed by atoms with Gasteiger partial charge < -0.3 is 4.74 Å². The molecule has 1 aliphatic heterocycles. The molecule has 25 heavy (non-hydrogen) atoms. The van der Waals surface area contributed by atoms with Gasteiger partial charge in [0.15, 0.2) is 0 Å². The van der Waals surface area contributed by atoms with Crippen molar-refractivity contribution in [1.82, 2.24) is 0 Å². The van der Waals surface area contributed by atoms with Crippen molar-refractivity contribution < 1.29 is 9.53 Å². The fraction of sp³-hybridized carbons (Fsp3) is 0.190. The predicted molar refractivity (Wildman–Crippen MR) is 105 cm³/mol. The van der Waals surface area contributed by atoms with Gasteiger partial charge in [-0.2, -0.15) is 0 Å². The fourth-order valence-corrected chi connectivity index (χ4v) is 5.66. The Bertz CT molecular complexity index is 928. The second-order valence-corrected chi connectivity index (χ2v) is 8.22. The highest BCUT2D eigenvalue weighted by Crippen LogP contribution is 2.54. The summed E-state index contributed by atoms with van der Waals surface area (Å²) in [6.07, 6.45) is 0. The van der Waals surface area contributed by atoms with E-state index in [2.05, 4.69) is 49.4 Å². The molecule has 0 aliphatic carbocycles. The van der Waals surface area contributed by atoms with Crippen LogP contribution in [0.1, 0.15) is 38.5 Å². The van der Waals surface area contributed by atoms with Gasteiger partial charge in [0, 0.05) is 15.3 Å². The van der Waals surface area contributed by atoms with Crippen LogP contribution in [0.3, 0.4) is 0 Å². The highest BCUT2D eigenvalue weighted by Gasteiger charge is 2.30. The van der Waals surface area contributed by atoms with Gasteiger partial charge in [-0.3, -0.25) is 0 Å². The first-order valence-corrected chi connectivity index (χ1v) is 10.0. The third kappa shape index (κ3) is 3.00. The van der Waals surface area contributed by atoms with Gasteiger partial charge in [0.25, 0.3) is 0 Å². The molecule has 0 fully saturated rings. The summed E-state index contributed by atoms with van der Waals surface area (Å²) in [6, 6.07) is 19.1. The van der Waals surface area contributed by atoms with Crippen LogP contribution in [0, 0.1) is 6.92 Å². The van der Waals surface area contributed by atoms with Gasteiger partial charge in [0.1, 0.15) is 4.88 Å². The van der Waals surface area contributed by atoms with Crippen LogP contribution < -0.4 is 0 Å². The summed E-state index contributed by atoms with van der Waals surface area (Å²) >= 11 is 3.40. The Balaban J connectivity index is 1.88. The molecule has 1 aromatic heterocycles. The van der Waals surface area contributed by atoms with Gasteiger partial charge >= 0.3 is 5.97 Å². The monoisotopic (exact) mass is 366 g/mol. The van der Waals surface area contributed by atoms with Crippen LogP contribution in [0.4, 0.5) is 0 Å². The maximum atomic E-state index is 12.3. The van der Waals surface area contributed by atoms with Crippen molar-refractivity contribution in [3.8, 4) is 10.4 Å². The van der Waals surface area contributed by atoms with Crippen molar-refractivity contribution >= 4 is 29.1 Å². The second kappa shape index (κ2) is 6.70. The lowest BCUT2D eigenvalue weighted by Gasteiger charge is -2.25. The van der Waals surface area contributed by atoms with E-state index in [1.54, 1.807) is 11.3 Å². The SMILES string of the molecule is CCOC(=O)c1cc2c(s1)-c1cc(C)ccc1SC2c1ccccc1. The maximum absolute atomic E-state index is 12.3. The molecule has 0 saturated heterocycles. The van der Waals surface area contributed by atoms with Gasteiger partial charge in [0.2, 0.25) is 0 Å². The first-order chi connectivity index (χ1) is 12.2. The molecule has 0 N–H and O–H groups in total. The van der Waals surface area contributed by atoms with Crippen LogP contribution in [0.15, 0.2) is 59.5 Å². The Morgan fingerprint density at radius 3 is 2.68 bits per heavy atom. The van der Waals surface area contributed by atoms with Crippen LogP contribution in [-0.2, 0) is 4.74 Å². The van der Waals surface area contributed by atoms with Crippen molar-refractivity contribution in [1.29, 1.82) is 0 Å². The molecule has 4 heteroatoms. The number of carbonyl (C=O) groups excluding carboxylic acids is 1. The van der Waals surface area contributed by atoms with E-state index in [0.29, 0.717) is 11.5 Å². The lowest BCUT2D eigenvalue weighted by atomic mass is 10.00. The van der Waals surface area contributed by atoms with E-state index in [0.717, 1.165) is 0 Å². The smallest absolute Gasteiger partial charge is 0.348 e. The number of thiophene rings is 1. The summed E-state index contributed by atoms with van der Waals surface area (Å²) in [5.74, 6) is -0.229. The van der Waals surface area contributed by atoms with Crippen molar-refractivity contribution in [3.63, 3.8) is 0 Å². The van der Waals surface area contributed by atoms with Crippen molar-refractivity contribution in [2.45, 2.75) is 24.0 Å². The molecule has 2 heterocycles. The molecule has 3 aromatic rings. The van der Waals surface area contributed by atoms with Gasteiger partial charge in [-0.05, 0) is 43.2 Å². The molecule has 2 aromatic carbocycles. The molecular weight excluding hydrogens is 348 g/mol. The van der Waals surface area contributed by atoms with E-state index in [4.69, 9.17) is 4.74 Å². The molecule has 1 aliphatic rings. The van der Waals surface area contributed by atoms with Crippen molar-refractivity contribution in [2.24, 2.45) is 0 Å². The van der Waals surface area contributed by atoms with E-state index in [1.165, 1.54) is 32.0 Å². The van der Waals surface area contributed by atoms with Crippen molar-refractivity contribution in [3.05, 3.63) is 76.2 Å². The van der Waals surface area contributed by atoms with Crippen LogP contribution in [0.5, 0.6) is 0 Å². The van der Waals surface area contributed by atoms with E-state index >= 15 is 0 Å². The van der Waals surface area contributed by atoms with E-state index in [1.807, 2.05) is 30.8 Å². The van der Waals surface area contributed by atoms with Crippen LogP contribution in [-0.4, -0.2) is 12.6 Å². The number of aryl methyl sites for hydroxylation is 1. The summed E-state index contributed by atoms with van der Waals surface area (Å²) in [5, 5.41) is 0.200. The Morgan fingerprint density at radius 1 is 1.12 bits per heavy atom.